The molecule has 132 valence electrons. The Labute approximate surface area is 155 Å². The lowest BCUT2D eigenvalue weighted by Gasteiger charge is -2.10. The van der Waals surface area contributed by atoms with Gasteiger partial charge in [0.15, 0.2) is 5.96 Å². The van der Waals surface area contributed by atoms with E-state index in [1.165, 1.54) is 11.8 Å². The first-order valence-corrected chi connectivity index (χ1v) is 9.26. The van der Waals surface area contributed by atoms with E-state index in [1.807, 2.05) is 18.2 Å². The Hall–Kier alpha value is -0.870. The molecule has 23 heavy (non-hydrogen) atoms. The molecule has 0 bridgehead atoms. The Morgan fingerprint density at radius 1 is 1.35 bits per heavy atom. The van der Waals surface area contributed by atoms with E-state index in [1.54, 1.807) is 0 Å². The van der Waals surface area contributed by atoms with E-state index in [9.17, 15) is 8.42 Å². The van der Waals surface area contributed by atoms with Crippen molar-refractivity contribution in [1.29, 1.82) is 0 Å². The lowest BCUT2D eigenvalue weighted by Crippen LogP contribution is -2.23. The number of ether oxygens (including phenoxy) is 1. The van der Waals surface area contributed by atoms with Crippen molar-refractivity contribution >= 4 is 45.5 Å². The van der Waals surface area contributed by atoms with Crippen molar-refractivity contribution < 1.29 is 13.2 Å². The molecule has 6 nitrogen and oxygen atoms in total. The van der Waals surface area contributed by atoms with Crippen LogP contribution in [-0.4, -0.2) is 46.1 Å². The summed E-state index contributed by atoms with van der Waals surface area (Å²) in [7, 11) is -2.98. The molecule has 0 spiro atoms. The normalized spacial score (nSPS) is 12.1. The smallest absolute Gasteiger partial charge is 0.193 e. The molecule has 1 rings (SSSR count). The van der Waals surface area contributed by atoms with Crippen molar-refractivity contribution in [2.45, 2.75) is 19.8 Å². The number of rotatable bonds is 8. The van der Waals surface area contributed by atoms with E-state index in [-0.39, 0.29) is 36.3 Å². The number of hydrogen-bond acceptors (Lipinski definition) is 4. The van der Waals surface area contributed by atoms with Gasteiger partial charge in [-0.1, -0.05) is 26.0 Å². The Morgan fingerprint density at radius 2 is 2.04 bits per heavy atom. The zero-order valence-electron chi connectivity index (χ0n) is 13.8. The van der Waals surface area contributed by atoms with E-state index in [0.717, 1.165) is 5.69 Å². The molecule has 0 aromatic heterocycles. The fourth-order valence-corrected chi connectivity index (χ4v) is 2.13. The minimum absolute atomic E-state index is 0. The Bertz CT molecular complexity index is 604. The quantitative estimate of drug-likeness (QED) is 0.271. The van der Waals surface area contributed by atoms with Gasteiger partial charge in [-0.25, -0.2) is 8.42 Å². The number of aliphatic imine (C=N–C) groups is 1. The first-order chi connectivity index (χ1) is 10.3. The molecule has 0 amide bonds. The van der Waals surface area contributed by atoms with E-state index >= 15 is 0 Å². The highest BCUT2D eigenvalue weighted by molar-refractivity contribution is 14.0. The maximum absolute atomic E-state index is 10.9. The number of halogens is 1. The van der Waals surface area contributed by atoms with Crippen LogP contribution in [-0.2, 0) is 14.6 Å². The number of nitrogens with one attached hydrogen (secondary N) is 1. The molecule has 0 atom stereocenters. The van der Waals surface area contributed by atoms with Gasteiger partial charge in [-0.05, 0) is 23.6 Å². The monoisotopic (exact) mass is 455 g/mol. The second-order valence-corrected chi connectivity index (χ2v) is 7.67. The van der Waals surface area contributed by atoms with E-state index in [0.29, 0.717) is 25.0 Å². The van der Waals surface area contributed by atoms with Gasteiger partial charge in [0, 0.05) is 11.9 Å². The van der Waals surface area contributed by atoms with Gasteiger partial charge in [0.2, 0.25) is 0 Å². The SMILES string of the molecule is CC(C)c1cccc(NC(N)=NCCOCCS(C)(=O)=O)c1.I. The standard InChI is InChI=1S/C15H25N3O3S.HI/c1-12(2)13-5-4-6-14(11-13)18-15(16)17-7-8-21-9-10-22(3,19)20;/h4-6,11-12H,7-10H2,1-3H3,(H3,16,17,18);1H. The Balaban J connectivity index is 0.00000484. The summed E-state index contributed by atoms with van der Waals surface area (Å²) < 4.78 is 27.0. The molecule has 0 heterocycles. The maximum Gasteiger partial charge on any atom is 0.193 e. The summed E-state index contributed by atoms with van der Waals surface area (Å²) in [5, 5.41) is 3.03. The van der Waals surface area contributed by atoms with E-state index in [2.05, 4.69) is 30.2 Å². The molecule has 0 radical (unpaired) electrons. The van der Waals surface area contributed by atoms with Crippen molar-refractivity contribution in [3.05, 3.63) is 29.8 Å². The summed E-state index contributed by atoms with van der Waals surface area (Å²) in [6.45, 7) is 5.16. The van der Waals surface area contributed by atoms with Crippen LogP contribution in [0.3, 0.4) is 0 Å². The molecule has 1 aromatic rings. The Morgan fingerprint density at radius 3 is 2.65 bits per heavy atom. The summed E-state index contributed by atoms with van der Waals surface area (Å²) in [6, 6.07) is 8.00. The van der Waals surface area contributed by atoms with Crippen LogP contribution in [0.1, 0.15) is 25.3 Å². The van der Waals surface area contributed by atoms with Gasteiger partial charge in [0.25, 0.3) is 0 Å². The van der Waals surface area contributed by atoms with Crippen molar-refractivity contribution in [2.24, 2.45) is 10.7 Å². The first kappa shape index (κ1) is 22.1. The highest BCUT2D eigenvalue weighted by Gasteiger charge is 2.02. The van der Waals surface area contributed by atoms with Gasteiger partial charge < -0.3 is 15.8 Å². The molecule has 0 saturated heterocycles. The second-order valence-electron chi connectivity index (χ2n) is 5.41. The molecular weight excluding hydrogens is 429 g/mol. The second kappa shape index (κ2) is 10.8. The summed E-state index contributed by atoms with van der Waals surface area (Å²) in [5.41, 5.74) is 7.92. The molecule has 0 aliphatic carbocycles. The predicted octanol–water partition coefficient (Wildman–Crippen LogP) is 2.22. The average Bonchev–Trinajstić information content (AvgIpc) is 2.41. The topological polar surface area (TPSA) is 93.8 Å². The number of nitrogens with zero attached hydrogens (tertiary/aromatic N) is 1. The van der Waals surface area contributed by atoms with Crippen molar-refractivity contribution in [1.82, 2.24) is 0 Å². The van der Waals surface area contributed by atoms with Crippen molar-refractivity contribution in [3.63, 3.8) is 0 Å². The van der Waals surface area contributed by atoms with Crippen LogP contribution >= 0.6 is 24.0 Å². The van der Waals surface area contributed by atoms with Crippen molar-refractivity contribution in [3.8, 4) is 0 Å². The molecule has 0 aliphatic rings. The highest BCUT2D eigenvalue weighted by atomic mass is 127. The van der Waals surface area contributed by atoms with E-state index < -0.39 is 9.84 Å². The number of sulfone groups is 1. The van der Waals surface area contributed by atoms with E-state index in [4.69, 9.17) is 10.5 Å². The molecule has 0 unspecified atom stereocenters. The molecule has 0 saturated carbocycles. The molecule has 8 heteroatoms. The van der Waals surface area contributed by atoms with Crippen LogP contribution in [0.2, 0.25) is 0 Å². The molecule has 1 aromatic carbocycles. The number of benzene rings is 1. The third kappa shape index (κ3) is 10.5. The largest absolute Gasteiger partial charge is 0.378 e. The highest BCUT2D eigenvalue weighted by Crippen LogP contribution is 2.18. The molecule has 0 aliphatic heterocycles. The van der Waals surface area contributed by atoms with Gasteiger partial charge in [-0.3, -0.25) is 4.99 Å². The van der Waals surface area contributed by atoms with Crippen LogP contribution in [0.15, 0.2) is 29.3 Å². The molecular formula is C15H26IN3O3S. The Kier molecular flexibility index (Phi) is 10.4. The minimum Gasteiger partial charge on any atom is -0.378 e. The van der Waals surface area contributed by atoms with Crippen molar-refractivity contribution in [2.75, 3.05) is 37.1 Å². The number of anilines is 1. The van der Waals surface area contributed by atoms with Crippen LogP contribution in [0.4, 0.5) is 5.69 Å². The summed E-state index contributed by atoms with van der Waals surface area (Å²) in [6.07, 6.45) is 1.18. The summed E-state index contributed by atoms with van der Waals surface area (Å²) in [4.78, 5) is 4.14. The zero-order chi connectivity index (χ0) is 16.6. The maximum atomic E-state index is 10.9. The van der Waals surface area contributed by atoms with Crippen LogP contribution in [0, 0.1) is 0 Å². The van der Waals surface area contributed by atoms with Gasteiger partial charge in [0.05, 0.1) is 25.5 Å². The minimum atomic E-state index is -2.98. The third-order valence-corrected chi connectivity index (χ3v) is 3.85. The van der Waals surface area contributed by atoms with Crippen LogP contribution < -0.4 is 11.1 Å². The fraction of sp³-hybridized carbons (Fsp3) is 0.533. The lowest BCUT2D eigenvalue weighted by atomic mass is 10.0. The first-order valence-electron chi connectivity index (χ1n) is 7.20. The zero-order valence-corrected chi connectivity index (χ0v) is 16.9. The fourth-order valence-electron chi connectivity index (χ4n) is 1.71. The number of hydrogen-bond donors (Lipinski definition) is 2. The van der Waals surface area contributed by atoms with Gasteiger partial charge in [-0.15, -0.1) is 24.0 Å². The third-order valence-electron chi connectivity index (χ3n) is 2.94. The van der Waals surface area contributed by atoms with Gasteiger partial charge in [0.1, 0.15) is 9.84 Å². The summed E-state index contributed by atoms with van der Waals surface area (Å²) >= 11 is 0. The predicted molar refractivity (Wildman–Crippen MR) is 107 cm³/mol. The summed E-state index contributed by atoms with van der Waals surface area (Å²) in [5.74, 6) is 0.780. The number of guanidine groups is 1. The molecule has 0 fully saturated rings. The average molecular weight is 455 g/mol. The lowest BCUT2D eigenvalue weighted by molar-refractivity contribution is 0.157. The number of nitrogens with two attached hydrogens (primary N) is 1. The van der Waals surface area contributed by atoms with Crippen LogP contribution in [0.25, 0.3) is 0 Å². The van der Waals surface area contributed by atoms with Gasteiger partial charge in [-0.2, -0.15) is 0 Å². The van der Waals surface area contributed by atoms with Gasteiger partial charge >= 0.3 is 0 Å². The molecule has 3 N–H and O–H groups in total. The van der Waals surface area contributed by atoms with Crippen LogP contribution in [0.5, 0.6) is 0 Å².